The van der Waals surface area contributed by atoms with Gasteiger partial charge in [0, 0.05) is 11.6 Å². The van der Waals surface area contributed by atoms with Crippen LogP contribution in [0.15, 0.2) is 36.5 Å². The van der Waals surface area contributed by atoms with Gasteiger partial charge in [0.05, 0.1) is 6.20 Å². The standard InChI is InChI=1S/C11H6F3N.C2H6/c12-8-3-1-7(2-4-8)9-5-11(14)15-6-10(9)13;1-2/h1-6H;1-2H3. The SMILES string of the molecule is CC.Fc1ccc(-c2cc(F)ncc2F)cc1. The molecule has 0 aliphatic heterocycles. The summed E-state index contributed by atoms with van der Waals surface area (Å²) in [5.41, 5.74) is 0.484. The molecule has 0 N–H and O–H groups in total. The van der Waals surface area contributed by atoms with E-state index in [1.165, 1.54) is 24.3 Å². The molecule has 1 aromatic carbocycles. The van der Waals surface area contributed by atoms with Crippen LogP contribution in [0.2, 0.25) is 0 Å². The molecule has 17 heavy (non-hydrogen) atoms. The Bertz CT molecular complexity index is 481. The highest BCUT2D eigenvalue weighted by Crippen LogP contribution is 2.22. The van der Waals surface area contributed by atoms with Gasteiger partial charge in [-0.1, -0.05) is 26.0 Å². The summed E-state index contributed by atoms with van der Waals surface area (Å²) in [6, 6.07) is 6.11. The second kappa shape index (κ2) is 6.03. The highest BCUT2D eigenvalue weighted by Gasteiger charge is 2.07. The number of benzene rings is 1. The van der Waals surface area contributed by atoms with Gasteiger partial charge in [-0.2, -0.15) is 4.39 Å². The quantitative estimate of drug-likeness (QED) is 0.680. The Morgan fingerprint density at radius 1 is 0.941 bits per heavy atom. The van der Waals surface area contributed by atoms with Crippen LogP contribution in [0.3, 0.4) is 0 Å². The third-order valence-corrected chi connectivity index (χ3v) is 1.98. The minimum absolute atomic E-state index is 0.0718. The van der Waals surface area contributed by atoms with Crippen LogP contribution in [0.4, 0.5) is 13.2 Å². The van der Waals surface area contributed by atoms with E-state index in [2.05, 4.69) is 4.98 Å². The maximum Gasteiger partial charge on any atom is 0.213 e. The Kier molecular flexibility index (Phi) is 4.69. The number of hydrogen-bond acceptors (Lipinski definition) is 1. The first-order valence-electron chi connectivity index (χ1n) is 5.24. The van der Waals surface area contributed by atoms with E-state index in [9.17, 15) is 13.2 Å². The highest BCUT2D eigenvalue weighted by molar-refractivity contribution is 5.63. The van der Waals surface area contributed by atoms with Gasteiger partial charge in [-0.15, -0.1) is 0 Å². The van der Waals surface area contributed by atoms with E-state index in [-0.39, 0.29) is 5.56 Å². The molecule has 1 aromatic heterocycles. The van der Waals surface area contributed by atoms with Gasteiger partial charge in [0.25, 0.3) is 0 Å². The van der Waals surface area contributed by atoms with E-state index in [1.807, 2.05) is 13.8 Å². The molecule has 0 aliphatic carbocycles. The third-order valence-electron chi connectivity index (χ3n) is 1.98. The molecule has 0 radical (unpaired) electrons. The van der Waals surface area contributed by atoms with Gasteiger partial charge in [0.2, 0.25) is 5.95 Å². The molecule has 1 heterocycles. The van der Waals surface area contributed by atoms with E-state index < -0.39 is 17.6 Å². The van der Waals surface area contributed by atoms with Crippen LogP contribution in [0.25, 0.3) is 11.1 Å². The van der Waals surface area contributed by atoms with Gasteiger partial charge in [-0.05, 0) is 17.7 Å². The molecular weight excluding hydrogens is 227 g/mol. The van der Waals surface area contributed by atoms with E-state index in [0.717, 1.165) is 12.3 Å². The number of rotatable bonds is 1. The summed E-state index contributed by atoms with van der Waals surface area (Å²) >= 11 is 0. The fourth-order valence-electron chi connectivity index (χ4n) is 1.26. The molecule has 0 saturated heterocycles. The number of hydrogen-bond donors (Lipinski definition) is 0. The minimum Gasteiger partial charge on any atom is -0.225 e. The van der Waals surface area contributed by atoms with Gasteiger partial charge >= 0.3 is 0 Å². The first-order valence-corrected chi connectivity index (χ1v) is 5.24. The van der Waals surface area contributed by atoms with Gasteiger partial charge < -0.3 is 0 Å². The molecule has 0 saturated carbocycles. The van der Waals surface area contributed by atoms with Gasteiger partial charge in [-0.25, -0.2) is 13.8 Å². The van der Waals surface area contributed by atoms with Crippen LogP contribution in [0.1, 0.15) is 13.8 Å². The summed E-state index contributed by atoms with van der Waals surface area (Å²) in [6.07, 6.45) is 0.800. The molecule has 0 unspecified atom stereocenters. The average Bonchev–Trinajstić information content (AvgIpc) is 2.36. The molecular formula is C13H12F3N. The van der Waals surface area contributed by atoms with Crippen molar-refractivity contribution >= 4 is 0 Å². The van der Waals surface area contributed by atoms with Crippen molar-refractivity contribution in [2.45, 2.75) is 13.8 Å². The van der Waals surface area contributed by atoms with Crippen LogP contribution in [-0.4, -0.2) is 4.98 Å². The van der Waals surface area contributed by atoms with E-state index in [0.29, 0.717) is 5.56 Å². The summed E-state index contributed by atoms with van der Waals surface area (Å²) in [7, 11) is 0. The molecule has 0 spiro atoms. The third kappa shape index (κ3) is 3.31. The smallest absolute Gasteiger partial charge is 0.213 e. The maximum atomic E-state index is 13.2. The molecule has 0 bridgehead atoms. The average molecular weight is 239 g/mol. The molecule has 2 aromatic rings. The Morgan fingerprint density at radius 2 is 1.53 bits per heavy atom. The van der Waals surface area contributed by atoms with Crippen molar-refractivity contribution in [1.29, 1.82) is 0 Å². The lowest BCUT2D eigenvalue weighted by atomic mass is 10.1. The number of nitrogens with zero attached hydrogens (tertiary/aromatic N) is 1. The molecule has 0 fully saturated rings. The zero-order valence-corrected chi connectivity index (χ0v) is 9.55. The Labute approximate surface area is 97.9 Å². The van der Waals surface area contributed by atoms with Crippen molar-refractivity contribution < 1.29 is 13.2 Å². The van der Waals surface area contributed by atoms with Crippen LogP contribution in [-0.2, 0) is 0 Å². The fraction of sp³-hybridized carbons (Fsp3) is 0.154. The largest absolute Gasteiger partial charge is 0.225 e. The first kappa shape index (κ1) is 13.2. The van der Waals surface area contributed by atoms with Crippen molar-refractivity contribution in [3.8, 4) is 11.1 Å². The topological polar surface area (TPSA) is 12.9 Å². The minimum atomic E-state index is -0.768. The second-order valence-corrected chi connectivity index (χ2v) is 2.99. The summed E-state index contributed by atoms with van der Waals surface area (Å²) < 4.78 is 38.6. The lowest BCUT2D eigenvalue weighted by molar-refractivity contribution is 0.562. The van der Waals surface area contributed by atoms with Crippen LogP contribution in [0.5, 0.6) is 0 Å². The van der Waals surface area contributed by atoms with E-state index >= 15 is 0 Å². The summed E-state index contributed by atoms with van der Waals surface area (Å²) in [6.45, 7) is 4.00. The zero-order chi connectivity index (χ0) is 12.8. The van der Waals surface area contributed by atoms with Crippen molar-refractivity contribution in [3.05, 3.63) is 54.1 Å². The lowest BCUT2D eigenvalue weighted by Crippen LogP contribution is -1.90. The fourth-order valence-corrected chi connectivity index (χ4v) is 1.26. The van der Waals surface area contributed by atoms with Crippen molar-refractivity contribution in [3.63, 3.8) is 0 Å². The van der Waals surface area contributed by atoms with Crippen molar-refractivity contribution in [2.75, 3.05) is 0 Å². The Hall–Kier alpha value is -1.84. The molecule has 1 nitrogen and oxygen atoms in total. The predicted octanol–water partition coefficient (Wildman–Crippen LogP) is 4.19. The molecule has 2 rings (SSSR count). The first-order chi connectivity index (χ1) is 8.16. The molecule has 4 heteroatoms. The summed E-state index contributed by atoms with van der Waals surface area (Å²) in [4.78, 5) is 3.17. The Morgan fingerprint density at radius 3 is 2.12 bits per heavy atom. The lowest BCUT2D eigenvalue weighted by Gasteiger charge is -2.02. The van der Waals surface area contributed by atoms with Crippen molar-refractivity contribution in [1.82, 2.24) is 4.98 Å². The van der Waals surface area contributed by atoms with Gasteiger partial charge in [0.1, 0.15) is 11.6 Å². The summed E-state index contributed by atoms with van der Waals surface area (Å²) in [5.74, 6) is -1.83. The van der Waals surface area contributed by atoms with Crippen LogP contribution < -0.4 is 0 Å². The van der Waals surface area contributed by atoms with Crippen LogP contribution >= 0.6 is 0 Å². The highest BCUT2D eigenvalue weighted by atomic mass is 19.1. The van der Waals surface area contributed by atoms with Crippen LogP contribution in [0, 0.1) is 17.6 Å². The maximum absolute atomic E-state index is 13.2. The molecule has 0 atom stereocenters. The molecule has 0 amide bonds. The van der Waals surface area contributed by atoms with Crippen molar-refractivity contribution in [2.24, 2.45) is 0 Å². The Balaban J connectivity index is 0.000000686. The summed E-state index contributed by atoms with van der Waals surface area (Å²) in [5, 5.41) is 0. The molecule has 90 valence electrons. The second-order valence-electron chi connectivity index (χ2n) is 2.99. The van der Waals surface area contributed by atoms with Gasteiger partial charge in [-0.3, -0.25) is 0 Å². The monoisotopic (exact) mass is 239 g/mol. The normalized spacial score (nSPS) is 9.47. The molecule has 0 aliphatic rings. The number of pyridine rings is 1. The van der Waals surface area contributed by atoms with E-state index in [1.54, 1.807) is 0 Å². The van der Waals surface area contributed by atoms with E-state index in [4.69, 9.17) is 0 Å². The van der Waals surface area contributed by atoms with Gasteiger partial charge in [0.15, 0.2) is 0 Å². The predicted molar refractivity (Wildman–Crippen MR) is 60.9 cm³/mol. The number of aromatic nitrogens is 1. The number of halogens is 3. The zero-order valence-electron chi connectivity index (χ0n) is 9.55.